The lowest BCUT2D eigenvalue weighted by Gasteiger charge is -2.18. The standard InChI is InChI=1S/C20H22FNO4/c1-12-5-6-16(11-18(12)25-4)20(24)26-14(3)19(23)22-13(2)15-7-9-17(21)10-8-15/h5-11,13-14H,1-4H3,(H,22,23). The Balaban J connectivity index is 1.97. The predicted octanol–water partition coefficient (Wildman–Crippen LogP) is 3.57. The Bertz CT molecular complexity index is 789. The van der Waals surface area contributed by atoms with Crippen molar-refractivity contribution in [2.45, 2.75) is 32.9 Å². The summed E-state index contributed by atoms with van der Waals surface area (Å²) in [4.78, 5) is 24.5. The quantitative estimate of drug-likeness (QED) is 0.801. The van der Waals surface area contributed by atoms with Gasteiger partial charge in [0.2, 0.25) is 0 Å². The Kier molecular flexibility index (Phi) is 6.33. The number of benzene rings is 2. The third-order valence-electron chi connectivity index (χ3n) is 4.03. The van der Waals surface area contributed by atoms with E-state index in [1.165, 1.54) is 26.2 Å². The molecule has 2 aromatic carbocycles. The maximum Gasteiger partial charge on any atom is 0.339 e. The van der Waals surface area contributed by atoms with Crippen LogP contribution >= 0.6 is 0 Å². The maximum atomic E-state index is 13.0. The van der Waals surface area contributed by atoms with Gasteiger partial charge in [0.05, 0.1) is 18.7 Å². The molecule has 0 aromatic heterocycles. The number of esters is 1. The second-order valence-corrected chi connectivity index (χ2v) is 6.01. The van der Waals surface area contributed by atoms with E-state index in [0.717, 1.165) is 11.1 Å². The fraction of sp³-hybridized carbons (Fsp3) is 0.300. The summed E-state index contributed by atoms with van der Waals surface area (Å²) in [6.45, 7) is 5.13. The Hall–Kier alpha value is -2.89. The number of methoxy groups -OCH3 is 1. The minimum absolute atomic E-state index is 0.304. The number of hydrogen-bond acceptors (Lipinski definition) is 4. The molecule has 0 fully saturated rings. The highest BCUT2D eigenvalue weighted by Crippen LogP contribution is 2.20. The highest BCUT2D eigenvalue weighted by atomic mass is 19.1. The molecule has 0 saturated carbocycles. The van der Waals surface area contributed by atoms with Crippen LogP contribution in [-0.2, 0) is 9.53 Å². The topological polar surface area (TPSA) is 64.6 Å². The lowest BCUT2D eigenvalue weighted by Crippen LogP contribution is -2.37. The van der Waals surface area contributed by atoms with Crippen LogP contribution in [0.5, 0.6) is 5.75 Å². The molecule has 0 radical (unpaired) electrons. The van der Waals surface area contributed by atoms with Crippen molar-refractivity contribution in [1.29, 1.82) is 0 Å². The van der Waals surface area contributed by atoms with Crippen molar-refractivity contribution in [1.82, 2.24) is 5.32 Å². The molecule has 0 bridgehead atoms. The summed E-state index contributed by atoms with van der Waals surface area (Å²) in [5, 5.41) is 2.74. The number of halogens is 1. The van der Waals surface area contributed by atoms with Crippen molar-refractivity contribution >= 4 is 11.9 Å². The van der Waals surface area contributed by atoms with Gasteiger partial charge < -0.3 is 14.8 Å². The normalized spacial score (nSPS) is 12.8. The molecule has 0 heterocycles. The number of rotatable bonds is 6. The zero-order valence-electron chi connectivity index (χ0n) is 15.2. The Morgan fingerprint density at radius 3 is 2.35 bits per heavy atom. The van der Waals surface area contributed by atoms with E-state index in [-0.39, 0.29) is 11.9 Å². The Labute approximate surface area is 152 Å². The number of carbonyl (C=O) groups is 2. The van der Waals surface area contributed by atoms with Gasteiger partial charge in [0.15, 0.2) is 6.10 Å². The van der Waals surface area contributed by atoms with Crippen LogP contribution in [0.4, 0.5) is 4.39 Å². The van der Waals surface area contributed by atoms with Gasteiger partial charge in [0, 0.05) is 0 Å². The average Bonchev–Trinajstić information content (AvgIpc) is 2.62. The van der Waals surface area contributed by atoms with Gasteiger partial charge in [-0.15, -0.1) is 0 Å². The minimum Gasteiger partial charge on any atom is -0.496 e. The molecule has 5 nitrogen and oxygen atoms in total. The molecule has 0 aliphatic rings. The summed E-state index contributed by atoms with van der Waals surface area (Å²) in [6.07, 6.45) is -0.974. The van der Waals surface area contributed by atoms with Crippen LogP contribution in [0.2, 0.25) is 0 Å². The monoisotopic (exact) mass is 359 g/mol. The molecule has 1 N–H and O–H groups in total. The molecule has 0 aliphatic heterocycles. The van der Waals surface area contributed by atoms with E-state index >= 15 is 0 Å². The van der Waals surface area contributed by atoms with Gasteiger partial charge in [0.1, 0.15) is 11.6 Å². The first-order valence-electron chi connectivity index (χ1n) is 8.23. The van der Waals surface area contributed by atoms with Gasteiger partial charge >= 0.3 is 5.97 Å². The molecule has 2 atom stereocenters. The summed E-state index contributed by atoms with van der Waals surface area (Å²) < 4.78 is 23.4. The van der Waals surface area contributed by atoms with Crippen molar-refractivity contribution in [2.75, 3.05) is 7.11 Å². The van der Waals surface area contributed by atoms with E-state index < -0.39 is 18.0 Å². The molecule has 2 aromatic rings. The summed E-state index contributed by atoms with van der Waals surface area (Å²) in [5.41, 5.74) is 1.95. The number of aryl methyl sites for hydroxylation is 1. The molecular formula is C20H22FNO4. The first-order chi connectivity index (χ1) is 12.3. The fourth-order valence-corrected chi connectivity index (χ4v) is 2.39. The number of carbonyl (C=O) groups excluding carboxylic acids is 2. The van der Waals surface area contributed by atoms with E-state index in [1.807, 2.05) is 6.92 Å². The van der Waals surface area contributed by atoms with Gasteiger partial charge in [-0.25, -0.2) is 9.18 Å². The lowest BCUT2D eigenvalue weighted by atomic mass is 10.1. The maximum absolute atomic E-state index is 13.0. The fourth-order valence-electron chi connectivity index (χ4n) is 2.39. The van der Waals surface area contributed by atoms with Crippen LogP contribution in [0.3, 0.4) is 0 Å². The number of nitrogens with one attached hydrogen (secondary N) is 1. The molecule has 0 spiro atoms. The van der Waals surface area contributed by atoms with Crippen LogP contribution in [0, 0.1) is 12.7 Å². The Morgan fingerprint density at radius 2 is 1.73 bits per heavy atom. The number of hydrogen-bond donors (Lipinski definition) is 1. The second-order valence-electron chi connectivity index (χ2n) is 6.01. The van der Waals surface area contributed by atoms with Gasteiger partial charge in [0.25, 0.3) is 5.91 Å². The molecule has 0 aliphatic carbocycles. The Morgan fingerprint density at radius 1 is 1.08 bits per heavy atom. The molecule has 2 rings (SSSR count). The van der Waals surface area contributed by atoms with Crippen molar-refractivity contribution in [3.05, 3.63) is 65.0 Å². The highest BCUT2D eigenvalue weighted by Gasteiger charge is 2.21. The number of amides is 1. The third kappa shape index (κ3) is 4.81. The number of ether oxygens (including phenoxy) is 2. The zero-order valence-corrected chi connectivity index (χ0v) is 15.2. The molecular weight excluding hydrogens is 337 g/mol. The van der Waals surface area contributed by atoms with Crippen LogP contribution in [0.25, 0.3) is 0 Å². The van der Waals surface area contributed by atoms with Gasteiger partial charge in [-0.1, -0.05) is 18.2 Å². The summed E-state index contributed by atoms with van der Waals surface area (Å²) in [6, 6.07) is 10.4. The highest BCUT2D eigenvalue weighted by molar-refractivity contribution is 5.92. The lowest BCUT2D eigenvalue weighted by molar-refractivity contribution is -0.129. The van der Waals surface area contributed by atoms with E-state index in [1.54, 1.807) is 37.3 Å². The van der Waals surface area contributed by atoms with E-state index in [0.29, 0.717) is 11.3 Å². The van der Waals surface area contributed by atoms with E-state index in [9.17, 15) is 14.0 Å². The summed E-state index contributed by atoms with van der Waals surface area (Å²) >= 11 is 0. The van der Waals surface area contributed by atoms with Crippen LogP contribution in [0.1, 0.15) is 41.4 Å². The van der Waals surface area contributed by atoms with Gasteiger partial charge in [-0.05, 0) is 56.2 Å². The first kappa shape index (κ1) is 19.4. The SMILES string of the molecule is COc1cc(C(=O)OC(C)C(=O)NC(C)c2ccc(F)cc2)ccc1C. The molecule has 0 saturated heterocycles. The largest absolute Gasteiger partial charge is 0.496 e. The summed E-state index contributed by atoms with van der Waals surface area (Å²) in [7, 11) is 1.52. The van der Waals surface area contributed by atoms with Gasteiger partial charge in [-0.2, -0.15) is 0 Å². The van der Waals surface area contributed by atoms with Crippen molar-refractivity contribution in [3.8, 4) is 5.75 Å². The second kappa shape index (κ2) is 8.47. The average molecular weight is 359 g/mol. The van der Waals surface area contributed by atoms with Crippen LogP contribution in [0.15, 0.2) is 42.5 Å². The molecule has 6 heteroatoms. The molecule has 26 heavy (non-hydrogen) atoms. The molecule has 2 unspecified atom stereocenters. The minimum atomic E-state index is -0.974. The van der Waals surface area contributed by atoms with Crippen molar-refractivity contribution in [2.24, 2.45) is 0 Å². The van der Waals surface area contributed by atoms with E-state index in [2.05, 4.69) is 5.32 Å². The van der Waals surface area contributed by atoms with Gasteiger partial charge in [-0.3, -0.25) is 4.79 Å². The van der Waals surface area contributed by atoms with Crippen molar-refractivity contribution < 1.29 is 23.5 Å². The van der Waals surface area contributed by atoms with Crippen LogP contribution < -0.4 is 10.1 Å². The smallest absolute Gasteiger partial charge is 0.339 e. The predicted molar refractivity (Wildman–Crippen MR) is 95.6 cm³/mol. The molecule has 138 valence electrons. The zero-order chi connectivity index (χ0) is 19.3. The van der Waals surface area contributed by atoms with Crippen LogP contribution in [-0.4, -0.2) is 25.1 Å². The first-order valence-corrected chi connectivity index (χ1v) is 8.23. The summed E-state index contributed by atoms with van der Waals surface area (Å²) in [5.74, 6) is -0.820. The third-order valence-corrected chi connectivity index (χ3v) is 4.03. The van der Waals surface area contributed by atoms with Crippen molar-refractivity contribution in [3.63, 3.8) is 0 Å². The molecule has 1 amide bonds. The van der Waals surface area contributed by atoms with E-state index in [4.69, 9.17) is 9.47 Å².